The lowest BCUT2D eigenvalue weighted by Crippen LogP contribution is -2.01. The van der Waals surface area contributed by atoms with Crippen molar-refractivity contribution in [1.82, 2.24) is 15.0 Å². The zero-order chi connectivity index (χ0) is 12.4. The molecule has 2 rings (SSSR count). The van der Waals surface area contributed by atoms with Gasteiger partial charge >= 0.3 is 0 Å². The van der Waals surface area contributed by atoms with E-state index in [-0.39, 0.29) is 0 Å². The van der Waals surface area contributed by atoms with E-state index in [0.717, 1.165) is 6.20 Å². The molecule has 2 heterocycles. The van der Waals surface area contributed by atoms with Crippen LogP contribution in [-0.2, 0) is 0 Å². The Bertz CT molecular complexity index is 526. The Morgan fingerprint density at radius 3 is 2.53 bits per heavy atom. The minimum absolute atomic E-state index is 0.397. The van der Waals surface area contributed by atoms with E-state index in [1.165, 1.54) is 12.1 Å². The Labute approximate surface area is 98.2 Å². The van der Waals surface area contributed by atoms with Gasteiger partial charge in [-0.2, -0.15) is 0 Å². The maximum atomic E-state index is 12.7. The molecule has 1 atom stereocenters. The summed E-state index contributed by atoms with van der Waals surface area (Å²) in [4.78, 5) is 12.2. The van der Waals surface area contributed by atoms with Gasteiger partial charge in [-0.3, -0.25) is 0 Å². The molecule has 88 valence electrons. The van der Waals surface area contributed by atoms with E-state index in [4.69, 9.17) is 0 Å². The predicted octanol–water partition coefficient (Wildman–Crippen LogP) is 2.04. The van der Waals surface area contributed by atoms with Crippen molar-refractivity contribution in [2.75, 3.05) is 0 Å². The Balaban J connectivity index is 2.41. The van der Waals surface area contributed by atoms with Crippen molar-refractivity contribution < 1.29 is 9.50 Å². The first-order chi connectivity index (χ1) is 8.08. The lowest BCUT2D eigenvalue weighted by Gasteiger charge is -2.08. The van der Waals surface area contributed by atoms with E-state index in [2.05, 4.69) is 15.0 Å². The Hall–Kier alpha value is -1.88. The quantitative estimate of drug-likeness (QED) is 0.862. The smallest absolute Gasteiger partial charge is 0.178 e. The molecule has 0 fully saturated rings. The topological polar surface area (TPSA) is 58.9 Å². The van der Waals surface area contributed by atoms with Crippen LogP contribution in [0.5, 0.6) is 0 Å². The van der Waals surface area contributed by atoms with Crippen LogP contribution in [-0.4, -0.2) is 20.1 Å². The van der Waals surface area contributed by atoms with E-state index in [0.29, 0.717) is 22.8 Å². The fraction of sp³-hybridized carbons (Fsp3) is 0.250. The summed E-state index contributed by atoms with van der Waals surface area (Å²) in [6, 6.07) is 2.83. The number of aliphatic hydroxyl groups excluding tert-OH is 1. The van der Waals surface area contributed by atoms with Crippen molar-refractivity contribution >= 4 is 0 Å². The minimum atomic E-state index is -0.606. The molecular formula is C12H12FN3O. The third kappa shape index (κ3) is 2.45. The second kappa shape index (κ2) is 4.55. The van der Waals surface area contributed by atoms with Crippen LogP contribution in [0.15, 0.2) is 24.5 Å². The molecule has 5 heteroatoms. The lowest BCUT2D eigenvalue weighted by molar-refractivity contribution is 0.197. The van der Waals surface area contributed by atoms with Crippen molar-refractivity contribution in [2.45, 2.75) is 20.0 Å². The molecule has 0 bridgehead atoms. The third-order valence-electron chi connectivity index (χ3n) is 2.42. The molecule has 4 nitrogen and oxygen atoms in total. The van der Waals surface area contributed by atoms with Crippen molar-refractivity contribution in [1.29, 1.82) is 0 Å². The number of aromatic nitrogens is 3. The van der Waals surface area contributed by atoms with Crippen molar-refractivity contribution in [3.8, 4) is 11.5 Å². The van der Waals surface area contributed by atoms with Crippen LogP contribution in [0.2, 0.25) is 0 Å². The van der Waals surface area contributed by atoms with E-state index in [9.17, 15) is 9.50 Å². The molecule has 0 radical (unpaired) electrons. The van der Waals surface area contributed by atoms with Crippen molar-refractivity contribution in [3.05, 3.63) is 41.6 Å². The van der Waals surface area contributed by atoms with Crippen molar-refractivity contribution in [2.24, 2.45) is 0 Å². The van der Waals surface area contributed by atoms with Gasteiger partial charge in [-0.15, -0.1) is 0 Å². The predicted molar refractivity (Wildman–Crippen MR) is 60.6 cm³/mol. The Morgan fingerprint density at radius 2 is 2.00 bits per heavy atom. The third-order valence-corrected chi connectivity index (χ3v) is 2.42. The molecule has 0 amide bonds. The number of pyridine rings is 1. The standard InChI is InChI=1S/C12H12FN3O/c1-7-10(8(2)17)6-15-12(16-7)11-4-3-9(13)5-14-11/h3-6,8,17H,1-2H3/t8-/m0/s1. The molecule has 17 heavy (non-hydrogen) atoms. The lowest BCUT2D eigenvalue weighted by atomic mass is 10.1. The summed E-state index contributed by atoms with van der Waals surface area (Å²) < 4.78 is 12.7. The number of hydrogen-bond donors (Lipinski definition) is 1. The minimum Gasteiger partial charge on any atom is -0.389 e. The highest BCUT2D eigenvalue weighted by Crippen LogP contribution is 2.18. The second-order valence-corrected chi connectivity index (χ2v) is 3.77. The highest BCUT2D eigenvalue weighted by molar-refractivity contribution is 5.48. The zero-order valence-electron chi connectivity index (χ0n) is 9.55. The van der Waals surface area contributed by atoms with Crippen LogP contribution in [0, 0.1) is 12.7 Å². The molecule has 2 aromatic heterocycles. The number of hydrogen-bond acceptors (Lipinski definition) is 4. The molecule has 0 aliphatic carbocycles. The summed E-state index contributed by atoms with van der Waals surface area (Å²) in [6.07, 6.45) is 2.08. The molecule has 2 aromatic rings. The molecule has 0 aliphatic heterocycles. The van der Waals surface area contributed by atoms with Gasteiger partial charge in [0.05, 0.1) is 12.3 Å². The number of halogens is 1. The fourth-order valence-electron chi connectivity index (χ4n) is 1.52. The normalized spacial score (nSPS) is 12.5. The van der Waals surface area contributed by atoms with E-state index in [1.54, 1.807) is 20.0 Å². The van der Waals surface area contributed by atoms with Gasteiger partial charge in [0.25, 0.3) is 0 Å². The van der Waals surface area contributed by atoms with Crippen LogP contribution in [0.4, 0.5) is 4.39 Å². The molecule has 0 saturated heterocycles. The number of aryl methyl sites for hydroxylation is 1. The number of rotatable bonds is 2. The van der Waals surface area contributed by atoms with Crippen LogP contribution in [0.25, 0.3) is 11.5 Å². The molecule has 1 N–H and O–H groups in total. The molecule has 0 spiro atoms. The first kappa shape index (κ1) is 11.6. The van der Waals surface area contributed by atoms with Crippen LogP contribution >= 0.6 is 0 Å². The molecule has 0 aliphatic rings. The van der Waals surface area contributed by atoms with Gasteiger partial charge in [0, 0.05) is 17.5 Å². The molecule has 0 unspecified atom stereocenters. The Kier molecular flexibility index (Phi) is 3.10. The zero-order valence-corrected chi connectivity index (χ0v) is 9.55. The monoisotopic (exact) mass is 233 g/mol. The van der Waals surface area contributed by atoms with Crippen LogP contribution in [0.3, 0.4) is 0 Å². The fourth-order valence-corrected chi connectivity index (χ4v) is 1.52. The van der Waals surface area contributed by atoms with Gasteiger partial charge in [-0.05, 0) is 26.0 Å². The summed E-state index contributed by atoms with van der Waals surface area (Å²) in [5, 5.41) is 9.46. The maximum Gasteiger partial charge on any atom is 0.178 e. The van der Waals surface area contributed by atoms with Gasteiger partial charge in [-0.25, -0.2) is 19.3 Å². The number of aliphatic hydroxyl groups is 1. The second-order valence-electron chi connectivity index (χ2n) is 3.77. The van der Waals surface area contributed by atoms with Gasteiger partial charge < -0.3 is 5.11 Å². The average molecular weight is 233 g/mol. The summed E-state index contributed by atoms with van der Waals surface area (Å²) in [7, 11) is 0. The highest BCUT2D eigenvalue weighted by Gasteiger charge is 2.09. The first-order valence-electron chi connectivity index (χ1n) is 5.21. The number of nitrogens with zero attached hydrogens (tertiary/aromatic N) is 3. The van der Waals surface area contributed by atoms with Crippen LogP contribution in [0.1, 0.15) is 24.3 Å². The van der Waals surface area contributed by atoms with E-state index in [1.807, 2.05) is 0 Å². The summed E-state index contributed by atoms with van der Waals surface area (Å²) >= 11 is 0. The summed E-state index contributed by atoms with van der Waals surface area (Å²) in [5.74, 6) is 0.0259. The summed E-state index contributed by atoms with van der Waals surface area (Å²) in [6.45, 7) is 3.44. The highest BCUT2D eigenvalue weighted by atomic mass is 19.1. The van der Waals surface area contributed by atoms with Gasteiger partial charge in [0.15, 0.2) is 5.82 Å². The molecule has 0 aromatic carbocycles. The molecular weight excluding hydrogens is 221 g/mol. The molecule has 0 saturated carbocycles. The average Bonchev–Trinajstić information content (AvgIpc) is 2.29. The van der Waals surface area contributed by atoms with Gasteiger partial charge in [0.2, 0.25) is 0 Å². The SMILES string of the molecule is Cc1nc(-c2ccc(F)cn2)ncc1[C@H](C)O. The van der Waals surface area contributed by atoms with Gasteiger partial charge in [0.1, 0.15) is 11.5 Å². The van der Waals surface area contributed by atoms with Crippen LogP contribution < -0.4 is 0 Å². The van der Waals surface area contributed by atoms with Crippen molar-refractivity contribution in [3.63, 3.8) is 0 Å². The van der Waals surface area contributed by atoms with E-state index < -0.39 is 11.9 Å². The maximum absolute atomic E-state index is 12.7. The largest absolute Gasteiger partial charge is 0.389 e. The summed E-state index contributed by atoms with van der Waals surface area (Å²) in [5.41, 5.74) is 1.87. The Morgan fingerprint density at radius 1 is 1.24 bits per heavy atom. The van der Waals surface area contributed by atoms with E-state index >= 15 is 0 Å². The first-order valence-corrected chi connectivity index (χ1v) is 5.21. The van der Waals surface area contributed by atoms with Gasteiger partial charge in [-0.1, -0.05) is 0 Å².